The van der Waals surface area contributed by atoms with Crippen molar-refractivity contribution in [2.45, 2.75) is 71.2 Å². The van der Waals surface area contributed by atoms with E-state index in [4.69, 9.17) is 9.47 Å². The lowest BCUT2D eigenvalue weighted by atomic mass is 10.0. The number of hydrogen-bond acceptors (Lipinski definition) is 2. The van der Waals surface area contributed by atoms with E-state index in [-0.39, 0.29) is 11.4 Å². The second-order valence-corrected chi connectivity index (χ2v) is 5.05. The van der Waals surface area contributed by atoms with Crippen LogP contribution in [0.4, 0.5) is 0 Å². The fraction of sp³-hybridized carbons (Fsp3) is 1.00. The first-order valence-corrected chi connectivity index (χ1v) is 5.82. The highest BCUT2D eigenvalue weighted by molar-refractivity contribution is 4.79. The van der Waals surface area contributed by atoms with Crippen molar-refractivity contribution in [1.82, 2.24) is 0 Å². The lowest BCUT2D eigenvalue weighted by Crippen LogP contribution is -2.47. The molecule has 1 rings (SSSR count). The molecule has 1 unspecified atom stereocenters. The van der Waals surface area contributed by atoms with Crippen molar-refractivity contribution in [3.63, 3.8) is 0 Å². The maximum absolute atomic E-state index is 5.99. The summed E-state index contributed by atoms with van der Waals surface area (Å²) in [6, 6.07) is 0. The first-order chi connectivity index (χ1) is 6.47. The molecule has 1 fully saturated rings. The summed E-state index contributed by atoms with van der Waals surface area (Å²) < 4.78 is 11.7. The highest BCUT2D eigenvalue weighted by Crippen LogP contribution is 2.33. The molecule has 1 saturated heterocycles. The van der Waals surface area contributed by atoms with E-state index in [0.29, 0.717) is 0 Å². The standard InChI is InChI=1S/C12H24O2/c1-5-6-7-8-12(4)13-10-9-11(2,3)14-12/h5-10H2,1-4H3. The molecular formula is C12H24O2. The molecule has 0 bridgehead atoms. The zero-order valence-electron chi connectivity index (χ0n) is 10.1. The van der Waals surface area contributed by atoms with Gasteiger partial charge < -0.3 is 9.47 Å². The fourth-order valence-electron chi connectivity index (χ4n) is 2.00. The summed E-state index contributed by atoms with van der Waals surface area (Å²) >= 11 is 0. The van der Waals surface area contributed by atoms with E-state index >= 15 is 0 Å². The predicted molar refractivity (Wildman–Crippen MR) is 58.3 cm³/mol. The summed E-state index contributed by atoms with van der Waals surface area (Å²) in [5.41, 5.74) is -0.0147. The van der Waals surface area contributed by atoms with Crippen molar-refractivity contribution in [3.05, 3.63) is 0 Å². The van der Waals surface area contributed by atoms with Gasteiger partial charge in [-0.3, -0.25) is 0 Å². The van der Waals surface area contributed by atoms with Crippen LogP contribution in [0.5, 0.6) is 0 Å². The average Bonchev–Trinajstić information content (AvgIpc) is 2.01. The summed E-state index contributed by atoms with van der Waals surface area (Å²) in [6.07, 6.45) is 5.73. The summed E-state index contributed by atoms with van der Waals surface area (Å²) in [5.74, 6) is -0.336. The van der Waals surface area contributed by atoms with Crippen LogP contribution in [0.15, 0.2) is 0 Å². The van der Waals surface area contributed by atoms with E-state index in [2.05, 4.69) is 27.7 Å². The average molecular weight is 200 g/mol. The van der Waals surface area contributed by atoms with Crippen molar-refractivity contribution in [2.24, 2.45) is 0 Å². The lowest BCUT2D eigenvalue weighted by Gasteiger charge is -2.43. The molecule has 0 aromatic heterocycles. The van der Waals surface area contributed by atoms with Crippen molar-refractivity contribution in [1.29, 1.82) is 0 Å². The summed E-state index contributed by atoms with van der Waals surface area (Å²) in [4.78, 5) is 0. The summed E-state index contributed by atoms with van der Waals surface area (Å²) in [7, 11) is 0. The maximum atomic E-state index is 5.99. The Morgan fingerprint density at radius 2 is 1.86 bits per heavy atom. The molecule has 1 aliphatic heterocycles. The Morgan fingerprint density at radius 1 is 1.14 bits per heavy atom. The van der Waals surface area contributed by atoms with Gasteiger partial charge in [0.2, 0.25) is 0 Å². The quantitative estimate of drug-likeness (QED) is 0.647. The van der Waals surface area contributed by atoms with Gasteiger partial charge in [-0.2, -0.15) is 0 Å². The smallest absolute Gasteiger partial charge is 0.166 e. The minimum atomic E-state index is -0.336. The molecule has 0 aliphatic carbocycles. The molecule has 0 spiro atoms. The first-order valence-electron chi connectivity index (χ1n) is 5.82. The highest BCUT2D eigenvalue weighted by atomic mass is 16.7. The molecule has 2 nitrogen and oxygen atoms in total. The van der Waals surface area contributed by atoms with Crippen LogP contribution >= 0.6 is 0 Å². The van der Waals surface area contributed by atoms with Gasteiger partial charge in [-0.05, 0) is 33.6 Å². The summed E-state index contributed by atoms with van der Waals surface area (Å²) in [5, 5.41) is 0. The Balaban J connectivity index is 2.39. The van der Waals surface area contributed by atoms with Gasteiger partial charge in [0, 0.05) is 6.42 Å². The zero-order chi connectivity index (χ0) is 10.7. The molecule has 0 aromatic carbocycles. The number of unbranched alkanes of at least 4 members (excludes halogenated alkanes) is 2. The van der Waals surface area contributed by atoms with Gasteiger partial charge in [-0.1, -0.05) is 19.8 Å². The van der Waals surface area contributed by atoms with E-state index in [9.17, 15) is 0 Å². The molecule has 1 atom stereocenters. The van der Waals surface area contributed by atoms with Crippen molar-refractivity contribution < 1.29 is 9.47 Å². The van der Waals surface area contributed by atoms with E-state index in [1.807, 2.05) is 0 Å². The van der Waals surface area contributed by atoms with Gasteiger partial charge in [-0.15, -0.1) is 0 Å². The Morgan fingerprint density at radius 3 is 2.43 bits per heavy atom. The topological polar surface area (TPSA) is 18.5 Å². The second-order valence-electron chi connectivity index (χ2n) is 5.05. The molecule has 1 aliphatic rings. The Labute approximate surface area is 88.0 Å². The molecule has 0 amide bonds. The Hall–Kier alpha value is -0.0800. The van der Waals surface area contributed by atoms with Crippen LogP contribution in [0.1, 0.15) is 59.8 Å². The van der Waals surface area contributed by atoms with Crippen molar-refractivity contribution >= 4 is 0 Å². The van der Waals surface area contributed by atoms with Gasteiger partial charge in [0.1, 0.15) is 0 Å². The van der Waals surface area contributed by atoms with Crippen LogP contribution < -0.4 is 0 Å². The van der Waals surface area contributed by atoms with Gasteiger partial charge >= 0.3 is 0 Å². The molecule has 0 N–H and O–H groups in total. The third kappa shape index (κ3) is 3.58. The number of hydrogen-bond donors (Lipinski definition) is 0. The SMILES string of the molecule is CCCCCC1(C)OCCC(C)(C)O1. The Kier molecular flexibility index (Phi) is 3.96. The van der Waals surface area contributed by atoms with Crippen LogP contribution in [0.2, 0.25) is 0 Å². The Bertz CT molecular complexity index is 177. The van der Waals surface area contributed by atoms with Gasteiger partial charge in [0.15, 0.2) is 5.79 Å². The molecule has 0 aromatic rings. The predicted octanol–water partition coefficient (Wildman–Crippen LogP) is 3.50. The van der Waals surface area contributed by atoms with Crippen LogP contribution in [0.25, 0.3) is 0 Å². The maximum Gasteiger partial charge on any atom is 0.166 e. The molecule has 0 saturated carbocycles. The van der Waals surface area contributed by atoms with Gasteiger partial charge in [0.05, 0.1) is 12.2 Å². The number of rotatable bonds is 4. The van der Waals surface area contributed by atoms with Crippen molar-refractivity contribution in [2.75, 3.05) is 6.61 Å². The normalized spacial score (nSPS) is 31.7. The van der Waals surface area contributed by atoms with Gasteiger partial charge in [-0.25, -0.2) is 0 Å². The van der Waals surface area contributed by atoms with Crippen LogP contribution in [-0.4, -0.2) is 18.0 Å². The monoisotopic (exact) mass is 200 g/mol. The second kappa shape index (κ2) is 4.63. The molecular weight excluding hydrogens is 176 g/mol. The minimum Gasteiger partial charge on any atom is -0.350 e. The van der Waals surface area contributed by atoms with Gasteiger partial charge in [0.25, 0.3) is 0 Å². The van der Waals surface area contributed by atoms with Crippen LogP contribution in [-0.2, 0) is 9.47 Å². The fourth-order valence-corrected chi connectivity index (χ4v) is 2.00. The molecule has 84 valence electrons. The molecule has 2 heteroatoms. The number of ether oxygens (including phenoxy) is 2. The largest absolute Gasteiger partial charge is 0.350 e. The van der Waals surface area contributed by atoms with E-state index in [0.717, 1.165) is 19.4 Å². The molecule has 1 heterocycles. The minimum absolute atomic E-state index is 0.0147. The zero-order valence-corrected chi connectivity index (χ0v) is 10.1. The highest BCUT2D eigenvalue weighted by Gasteiger charge is 2.37. The van der Waals surface area contributed by atoms with E-state index in [1.54, 1.807) is 0 Å². The molecule has 0 radical (unpaired) electrons. The van der Waals surface area contributed by atoms with Crippen LogP contribution in [0, 0.1) is 0 Å². The first kappa shape index (κ1) is 12.0. The third-order valence-corrected chi connectivity index (χ3v) is 2.84. The van der Waals surface area contributed by atoms with E-state index < -0.39 is 0 Å². The molecule has 14 heavy (non-hydrogen) atoms. The van der Waals surface area contributed by atoms with Crippen LogP contribution in [0.3, 0.4) is 0 Å². The van der Waals surface area contributed by atoms with E-state index in [1.165, 1.54) is 19.3 Å². The summed E-state index contributed by atoms with van der Waals surface area (Å²) in [6.45, 7) is 9.41. The van der Waals surface area contributed by atoms with Crippen molar-refractivity contribution in [3.8, 4) is 0 Å². The lowest BCUT2D eigenvalue weighted by molar-refractivity contribution is -0.313. The third-order valence-electron chi connectivity index (χ3n) is 2.84.